The molecule has 22 heavy (non-hydrogen) atoms. The Labute approximate surface area is 128 Å². The first-order chi connectivity index (χ1) is 10.8. The molecular formula is C17H17N3O2. The van der Waals surface area contributed by atoms with E-state index >= 15 is 0 Å². The van der Waals surface area contributed by atoms with Crippen molar-refractivity contribution < 1.29 is 9.53 Å². The number of rotatable bonds is 5. The van der Waals surface area contributed by atoms with Gasteiger partial charge in [-0.2, -0.15) is 0 Å². The van der Waals surface area contributed by atoms with Crippen LogP contribution in [-0.2, 0) is 17.8 Å². The molecule has 2 heterocycles. The van der Waals surface area contributed by atoms with Crippen molar-refractivity contribution in [1.82, 2.24) is 14.7 Å². The van der Waals surface area contributed by atoms with Gasteiger partial charge < -0.3 is 14.5 Å². The summed E-state index contributed by atoms with van der Waals surface area (Å²) in [5.74, 6) is 0.713. The number of hydrogen-bond acceptors (Lipinski definition) is 3. The summed E-state index contributed by atoms with van der Waals surface area (Å²) in [5, 5.41) is 2.90. The van der Waals surface area contributed by atoms with Crippen molar-refractivity contribution >= 4 is 11.6 Å². The molecule has 0 bridgehead atoms. The Kier molecular flexibility index (Phi) is 4.05. The number of amides is 1. The molecule has 0 radical (unpaired) electrons. The van der Waals surface area contributed by atoms with Crippen LogP contribution in [0.3, 0.4) is 0 Å². The molecule has 0 spiro atoms. The molecule has 3 rings (SSSR count). The summed E-state index contributed by atoms with van der Waals surface area (Å²) < 4.78 is 7.17. The second kappa shape index (κ2) is 6.30. The molecule has 2 aromatic heterocycles. The number of ether oxygens (including phenoxy) is 1. The van der Waals surface area contributed by atoms with Gasteiger partial charge in [0.1, 0.15) is 11.4 Å². The predicted octanol–water partition coefficient (Wildman–Crippen LogP) is 2.20. The van der Waals surface area contributed by atoms with Gasteiger partial charge in [0.05, 0.1) is 19.2 Å². The van der Waals surface area contributed by atoms with Crippen LogP contribution in [0.15, 0.2) is 54.9 Å². The minimum Gasteiger partial charge on any atom is -0.496 e. The van der Waals surface area contributed by atoms with E-state index in [9.17, 15) is 4.79 Å². The SMILES string of the molecule is COc1ccccc1CNC(=O)Cc1cn2ccccc2n1. The average Bonchev–Trinajstić information content (AvgIpc) is 2.95. The van der Waals surface area contributed by atoms with Gasteiger partial charge in [-0.3, -0.25) is 4.79 Å². The van der Waals surface area contributed by atoms with Gasteiger partial charge in [-0.05, 0) is 18.2 Å². The zero-order valence-electron chi connectivity index (χ0n) is 12.3. The number of nitrogens with zero attached hydrogens (tertiary/aromatic N) is 2. The molecule has 5 nitrogen and oxygen atoms in total. The summed E-state index contributed by atoms with van der Waals surface area (Å²) in [6.07, 6.45) is 4.05. The van der Waals surface area contributed by atoms with E-state index in [0.29, 0.717) is 6.54 Å². The standard InChI is InChI=1S/C17H17N3O2/c1-22-15-7-3-2-6-13(15)11-18-17(21)10-14-12-20-9-5-4-8-16(20)19-14/h2-9,12H,10-11H2,1H3,(H,18,21). The fourth-order valence-electron chi connectivity index (χ4n) is 2.34. The van der Waals surface area contributed by atoms with Crippen molar-refractivity contribution in [3.8, 4) is 5.75 Å². The molecule has 5 heteroatoms. The molecule has 0 unspecified atom stereocenters. The molecule has 0 saturated carbocycles. The Morgan fingerprint density at radius 1 is 1.23 bits per heavy atom. The van der Waals surface area contributed by atoms with Crippen LogP contribution in [0.4, 0.5) is 0 Å². The topological polar surface area (TPSA) is 55.6 Å². The number of hydrogen-bond donors (Lipinski definition) is 1. The van der Waals surface area contributed by atoms with Crippen molar-refractivity contribution in [1.29, 1.82) is 0 Å². The molecule has 112 valence electrons. The molecule has 0 saturated heterocycles. The van der Waals surface area contributed by atoms with Crippen molar-refractivity contribution in [3.63, 3.8) is 0 Å². The van der Waals surface area contributed by atoms with Crippen LogP contribution in [0.5, 0.6) is 5.75 Å². The molecule has 0 aliphatic carbocycles. The van der Waals surface area contributed by atoms with Crippen molar-refractivity contribution in [2.24, 2.45) is 0 Å². The molecule has 0 aliphatic heterocycles. The zero-order chi connectivity index (χ0) is 15.4. The Balaban J connectivity index is 1.62. The van der Waals surface area contributed by atoms with Gasteiger partial charge in [0.25, 0.3) is 0 Å². The highest BCUT2D eigenvalue weighted by atomic mass is 16.5. The largest absolute Gasteiger partial charge is 0.496 e. The van der Waals surface area contributed by atoms with E-state index < -0.39 is 0 Å². The molecule has 1 amide bonds. The van der Waals surface area contributed by atoms with Crippen LogP contribution in [-0.4, -0.2) is 22.4 Å². The van der Waals surface area contributed by atoms with Gasteiger partial charge in [0.2, 0.25) is 5.91 Å². The maximum atomic E-state index is 12.1. The highest BCUT2D eigenvalue weighted by Gasteiger charge is 2.08. The van der Waals surface area contributed by atoms with Crippen molar-refractivity contribution in [3.05, 3.63) is 66.1 Å². The predicted molar refractivity (Wildman–Crippen MR) is 83.7 cm³/mol. The summed E-state index contributed by atoms with van der Waals surface area (Å²) in [5.41, 5.74) is 2.55. The molecule has 3 aromatic rings. The number of methoxy groups -OCH3 is 1. The molecule has 1 aromatic carbocycles. The lowest BCUT2D eigenvalue weighted by atomic mass is 10.2. The maximum absolute atomic E-state index is 12.1. The monoisotopic (exact) mass is 295 g/mol. The number of nitrogens with one attached hydrogen (secondary N) is 1. The van der Waals surface area contributed by atoms with E-state index in [-0.39, 0.29) is 12.3 Å². The number of pyridine rings is 1. The summed E-state index contributed by atoms with van der Waals surface area (Å²) >= 11 is 0. The molecule has 0 atom stereocenters. The van der Waals surface area contributed by atoms with Gasteiger partial charge in [0, 0.05) is 24.5 Å². The number of carbonyl (C=O) groups is 1. The number of aromatic nitrogens is 2. The minimum atomic E-state index is -0.0608. The maximum Gasteiger partial charge on any atom is 0.226 e. The summed E-state index contributed by atoms with van der Waals surface area (Å²) in [6, 6.07) is 13.4. The van der Waals surface area contributed by atoms with E-state index in [4.69, 9.17) is 4.74 Å². The summed E-state index contributed by atoms with van der Waals surface area (Å²) in [6.45, 7) is 0.441. The number of benzene rings is 1. The first kappa shape index (κ1) is 14.1. The number of para-hydroxylation sites is 1. The van der Waals surface area contributed by atoms with E-state index in [1.807, 2.05) is 59.3 Å². The first-order valence-corrected chi connectivity index (χ1v) is 7.07. The quantitative estimate of drug-likeness (QED) is 0.785. The van der Waals surface area contributed by atoms with Crippen LogP contribution in [0.1, 0.15) is 11.3 Å². The van der Waals surface area contributed by atoms with Gasteiger partial charge in [0.15, 0.2) is 0 Å². The van der Waals surface area contributed by atoms with E-state index in [1.165, 1.54) is 0 Å². The van der Waals surface area contributed by atoms with Gasteiger partial charge in [-0.1, -0.05) is 24.3 Å². The molecule has 0 fully saturated rings. The van der Waals surface area contributed by atoms with Crippen LogP contribution in [0.25, 0.3) is 5.65 Å². The van der Waals surface area contributed by atoms with Crippen LogP contribution >= 0.6 is 0 Å². The zero-order valence-corrected chi connectivity index (χ0v) is 12.3. The lowest BCUT2D eigenvalue weighted by molar-refractivity contribution is -0.120. The number of imidazole rings is 1. The normalized spacial score (nSPS) is 10.6. The minimum absolute atomic E-state index is 0.0608. The van der Waals surface area contributed by atoms with Crippen molar-refractivity contribution in [2.45, 2.75) is 13.0 Å². The second-order valence-corrected chi connectivity index (χ2v) is 4.96. The molecule has 0 aliphatic rings. The third-order valence-electron chi connectivity index (χ3n) is 3.42. The molecular weight excluding hydrogens is 278 g/mol. The summed E-state index contributed by atoms with van der Waals surface area (Å²) in [4.78, 5) is 16.5. The Hall–Kier alpha value is -2.82. The second-order valence-electron chi connectivity index (χ2n) is 4.96. The smallest absolute Gasteiger partial charge is 0.226 e. The Bertz CT molecular complexity index is 762. The summed E-state index contributed by atoms with van der Waals surface area (Å²) in [7, 11) is 1.62. The molecule has 1 N–H and O–H groups in total. The number of fused-ring (bicyclic) bond motifs is 1. The fourth-order valence-corrected chi connectivity index (χ4v) is 2.34. The Morgan fingerprint density at radius 3 is 2.86 bits per heavy atom. The van der Waals surface area contributed by atoms with Gasteiger partial charge >= 0.3 is 0 Å². The van der Waals surface area contributed by atoms with Crippen molar-refractivity contribution in [2.75, 3.05) is 7.11 Å². The van der Waals surface area contributed by atoms with E-state index in [1.54, 1.807) is 7.11 Å². The fraction of sp³-hybridized carbons (Fsp3) is 0.176. The third kappa shape index (κ3) is 3.09. The van der Waals surface area contributed by atoms with E-state index in [0.717, 1.165) is 22.7 Å². The first-order valence-electron chi connectivity index (χ1n) is 7.07. The third-order valence-corrected chi connectivity index (χ3v) is 3.42. The number of carbonyl (C=O) groups excluding carboxylic acids is 1. The van der Waals surface area contributed by atoms with Crippen LogP contribution < -0.4 is 10.1 Å². The lowest BCUT2D eigenvalue weighted by Crippen LogP contribution is -2.24. The van der Waals surface area contributed by atoms with Gasteiger partial charge in [-0.15, -0.1) is 0 Å². The average molecular weight is 295 g/mol. The highest BCUT2D eigenvalue weighted by molar-refractivity contribution is 5.78. The Morgan fingerprint density at radius 2 is 2.05 bits per heavy atom. The van der Waals surface area contributed by atoms with Crippen LogP contribution in [0.2, 0.25) is 0 Å². The van der Waals surface area contributed by atoms with Gasteiger partial charge in [-0.25, -0.2) is 4.98 Å². The lowest BCUT2D eigenvalue weighted by Gasteiger charge is -2.08. The van der Waals surface area contributed by atoms with Crippen LogP contribution in [0, 0.1) is 0 Å². The van der Waals surface area contributed by atoms with E-state index in [2.05, 4.69) is 10.3 Å². The highest BCUT2D eigenvalue weighted by Crippen LogP contribution is 2.16.